The lowest BCUT2D eigenvalue weighted by molar-refractivity contribution is 0.460. The van der Waals surface area contributed by atoms with E-state index in [-0.39, 0.29) is 16.4 Å². The van der Waals surface area contributed by atoms with Gasteiger partial charge >= 0.3 is 0 Å². The number of phenols is 2. The average molecular weight is 296 g/mol. The van der Waals surface area contributed by atoms with Crippen LogP contribution in [0.5, 0.6) is 11.5 Å². The van der Waals surface area contributed by atoms with E-state index in [1.165, 1.54) is 30.3 Å². The molecule has 0 amide bonds. The number of rotatable bonds is 1. The van der Waals surface area contributed by atoms with Crippen LogP contribution in [0.25, 0.3) is 0 Å². The fraction of sp³-hybridized carbons (Fsp3) is 0.143. The summed E-state index contributed by atoms with van der Waals surface area (Å²) in [6.07, 6.45) is 0. The molecule has 0 bridgehead atoms. The first-order valence-corrected chi connectivity index (χ1v) is 7.17. The van der Waals surface area contributed by atoms with Crippen molar-refractivity contribution in [3.05, 3.63) is 53.6 Å². The van der Waals surface area contributed by atoms with Crippen molar-refractivity contribution >= 4 is 10.1 Å². The molecule has 0 saturated heterocycles. The van der Waals surface area contributed by atoms with E-state index in [1.807, 2.05) is 0 Å². The predicted octanol–water partition coefficient (Wildman–Crippen LogP) is 2.65. The third-order valence-corrected chi connectivity index (χ3v) is 3.68. The summed E-state index contributed by atoms with van der Waals surface area (Å²) in [6, 6.07) is 10.5. The van der Waals surface area contributed by atoms with Crippen LogP contribution in [0.3, 0.4) is 0 Å². The Labute approximate surface area is 117 Å². The van der Waals surface area contributed by atoms with E-state index in [9.17, 15) is 8.42 Å². The summed E-state index contributed by atoms with van der Waals surface area (Å²) in [7, 11) is -4.06. The lowest BCUT2D eigenvalue weighted by Crippen LogP contribution is -2.01. The summed E-state index contributed by atoms with van der Waals surface area (Å²) in [4.78, 5) is -0.0116. The highest BCUT2D eigenvalue weighted by atomic mass is 32.2. The van der Waals surface area contributed by atoms with Gasteiger partial charge in [0.1, 0.15) is 11.5 Å². The zero-order valence-corrected chi connectivity index (χ0v) is 11.9. The first kappa shape index (κ1) is 16.0. The van der Waals surface area contributed by atoms with Crippen LogP contribution < -0.4 is 0 Å². The summed E-state index contributed by atoms with van der Waals surface area (Å²) in [5, 5.41) is 17.3. The minimum absolute atomic E-state index is 0.0116. The molecule has 2 aromatic rings. The van der Waals surface area contributed by atoms with Gasteiger partial charge in [-0.2, -0.15) is 8.42 Å². The maximum absolute atomic E-state index is 10.8. The predicted molar refractivity (Wildman–Crippen MR) is 75.5 cm³/mol. The van der Waals surface area contributed by atoms with Crippen molar-refractivity contribution in [2.24, 2.45) is 0 Å². The topological polar surface area (TPSA) is 94.8 Å². The van der Waals surface area contributed by atoms with Gasteiger partial charge in [-0.15, -0.1) is 0 Å². The van der Waals surface area contributed by atoms with Gasteiger partial charge in [0.2, 0.25) is 0 Å². The van der Waals surface area contributed by atoms with Crippen molar-refractivity contribution < 1.29 is 23.2 Å². The van der Waals surface area contributed by atoms with E-state index in [0.717, 1.165) is 5.56 Å². The van der Waals surface area contributed by atoms with Crippen LogP contribution in [0.15, 0.2) is 47.4 Å². The van der Waals surface area contributed by atoms with Gasteiger partial charge < -0.3 is 10.2 Å². The Kier molecular flexibility index (Phi) is 5.12. The van der Waals surface area contributed by atoms with Crippen LogP contribution in [-0.2, 0) is 10.1 Å². The maximum Gasteiger partial charge on any atom is 0.294 e. The second-order valence-electron chi connectivity index (χ2n) is 4.19. The molecule has 2 aromatic carbocycles. The molecule has 0 radical (unpaired) electrons. The number of benzene rings is 2. The lowest BCUT2D eigenvalue weighted by atomic mass is 10.1. The number of hydrogen-bond acceptors (Lipinski definition) is 4. The molecule has 0 aliphatic carbocycles. The minimum Gasteiger partial charge on any atom is -0.508 e. The highest BCUT2D eigenvalue weighted by Crippen LogP contribution is 2.17. The Hall–Kier alpha value is -2.05. The Morgan fingerprint density at radius 1 is 0.850 bits per heavy atom. The Morgan fingerprint density at radius 2 is 1.30 bits per heavy atom. The number of phenolic OH excluding ortho intramolecular Hbond substituents is 2. The second kappa shape index (κ2) is 6.40. The summed E-state index contributed by atoms with van der Waals surface area (Å²) >= 11 is 0. The van der Waals surface area contributed by atoms with Crippen LogP contribution in [0.1, 0.15) is 11.1 Å². The molecule has 0 heterocycles. The Bertz CT molecular complexity index is 654. The first-order chi connectivity index (χ1) is 9.21. The zero-order chi connectivity index (χ0) is 15.3. The van der Waals surface area contributed by atoms with Crippen molar-refractivity contribution in [2.75, 3.05) is 0 Å². The van der Waals surface area contributed by atoms with E-state index in [2.05, 4.69) is 0 Å². The minimum atomic E-state index is -4.06. The van der Waals surface area contributed by atoms with Crippen LogP contribution in [-0.4, -0.2) is 23.2 Å². The third-order valence-electron chi connectivity index (χ3n) is 2.68. The van der Waals surface area contributed by atoms with Gasteiger partial charge in [0.25, 0.3) is 10.1 Å². The quantitative estimate of drug-likeness (QED) is 0.555. The molecule has 0 aromatic heterocycles. The average Bonchev–Trinajstić information content (AvgIpc) is 2.36. The number of hydrogen-bond donors (Lipinski definition) is 3. The molecule has 108 valence electrons. The van der Waals surface area contributed by atoms with Crippen LogP contribution >= 0.6 is 0 Å². The van der Waals surface area contributed by atoms with Gasteiger partial charge in [-0.1, -0.05) is 12.1 Å². The Morgan fingerprint density at radius 3 is 1.65 bits per heavy atom. The zero-order valence-electron chi connectivity index (χ0n) is 11.1. The molecule has 0 fully saturated rings. The monoisotopic (exact) mass is 296 g/mol. The third kappa shape index (κ3) is 4.56. The number of aryl methyl sites for hydroxylation is 1. The van der Waals surface area contributed by atoms with Gasteiger partial charge in [0.05, 0.1) is 4.90 Å². The van der Waals surface area contributed by atoms with Crippen LogP contribution in [0.4, 0.5) is 0 Å². The molecule has 0 aliphatic heterocycles. The number of aromatic hydroxyl groups is 2. The maximum atomic E-state index is 10.8. The van der Waals surface area contributed by atoms with Gasteiger partial charge in [0, 0.05) is 0 Å². The standard InChI is InChI=1S/C8H10O3S.C6H6O2/c1-6-4-3-5-8(7(6)2)12(9,10)11;7-5-1-2-6(8)4-3-5/h3-5H,1-2H3,(H,9,10,11);1-4,7-8H. The normalized spacial score (nSPS) is 10.6. The first-order valence-electron chi connectivity index (χ1n) is 5.73. The molecule has 0 unspecified atom stereocenters. The molecular weight excluding hydrogens is 280 g/mol. The smallest absolute Gasteiger partial charge is 0.294 e. The fourth-order valence-corrected chi connectivity index (χ4v) is 2.25. The SMILES string of the molecule is Cc1cccc(S(=O)(=O)O)c1C.Oc1ccc(O)cc1. The molecule has 6 heteroatoms. The van der Waals surface area contributed by atoms with Crippen LogP contribution in [0.2, 0.25) is 0 Å². The van der Waals surface area contributed by atoms with Gasteiger partial charge in [-0.25, -0.2) is 0 Å². The highest BCUT2D eigenvalue weighted by Gasteiger charge is 2.12. The highest BCUT2D eigenvalue weighted by molar-refractivity contribution is 7.85. The van der Waals surface area contributed by atoms with Crippen molar-refractivity contribution in [2.45, 2.75) is 18.7 Å². The van der Waals surface area contributed by atoms with E-state index in [1.54, 1.807) is 26.0 Å². The van der Waals surface area contributed by atoms with Crippen molar-refractivity contribution in [3.8, 4) is 11.5 Å². The fourth-order valence-electron chi connectivity index (χ4n) is 1.46. The largest absolute Gasteiger partial charge is 0.508 e. The molecule has 5 nitrogen and oxygen atoms in total. The van der Waals surface area contributed by atoms with Crippen molar-refractivity contribution in [1.29, 1.82) is 0 Å². The molecule has 0 aliphatic rings. The second-order valence-corrected chi connectivity index (χ2v) is 5.58. The summed E-state index contributed by atoms with van der Waals surface area (Å²) in [5.74, 6) is 0.339. The molecule has 20 heavy (non-hydrogen) atoms. The van der Waals surface area contributed by atoms with Crippen molar-refractivity contribution in [1.82, 2.24) is 0 Å². The van der Waals surface area contributed by atoms with Gasteiger partial charge in [-0.05, 0) is 55.3 Å². The molecule has 0 saturated carbocycles. The summed E-state index contributed by atoms with van der Waals surface area (Å²) in [5.41, 5.74) is 1.45. The van der Waals surface area contributed by atoms with Gasteiger partial charge in [-0.3, -0.25) is 4.55 Å². The summed E-state index contributed by atoms with van der Waals surface area (Å²) < 4.78 is 30.3. The van der Waals surface area contributed by atoms with E-state index < -0.39 is 10.1 Å². The van der Waals surface area contributed by atoms with Gasteiger partial charge in [0.15, 0.2) is 0 Å². The van der Waals surface area contributed by atoms with E-state index in [0.29, 0.717) is 5.56 Å². The molecule has 0 atom stereocenters. The molecule has 2 rings (SSSR count). The molecule has 0 spiro atoms. The molecular formula is C14H16O5S. The van der Waals surface area contributed by atoms with Crippen molar-refractivity contribution in [3.63, 3.8) is 0 Å². The molecule has 3 N–H and O–H groups in total. The lowest BCUT2D eigenvalue weighted by Gasteiger charge is -2.03. The van der Waals surface area contributed by atoms with E-state index in [4.69, 9.17) is 14.8 Å². The van der Waals surface area contributed by atoms with E-state index >= 15 is 0 Å². The summed E-state index contributed by atoms with van der Waals surface area (Å²) in [6.45, 7) is 3.46. The Balaban J connectivity index is 0.000000217. The van der Waals surface area contributed by atoms with Crippen LogP contribution in [0, 0.1) is 13.8 Å².